The van der Waals surface area contributed by atoms with Gasteiger partial charge in [-0.3, -0.25) is 9.59 Å². The number of amides is 1. The first-order valence-corrected chi connectivity index (χ1v) is 10.9. The fourth-order valence-electron chi connectivity index (χ4n) is 4.54. The second-order valence-corrected chi connectivity index (χ2v) is 9.89. The highest BCUT2D eigenvalue weighted by Crippen LogP contribution is 2.44. The summed E-state index contributed by atoms with van der Waals surface area (Å²) in [6, 6.07) is 0.359. The van der Waals surface area contributed by atoms with E-state index in [2.05, 4.69) is 20.7 Å². The van der Waals surface area contributed by atoms with Crippen LogP contribution in [0.4, 0.5) is 0 Å². The summed E-state index contributed by atoms with van der Waals surface area (Å²) in [4.78, 5) is 26.9. The number of aromatic nitrogens is 1. The molecule has 2 heterocycles. The molecular weight excluding hydrogens is 404 g/mol. The van der Waals surface area contributed by atoms with E-state index < -0.39 is 0 Å². The van der Waals surface area contributed by atoms with Crippen molar-refractivity contribution in [3.05, 3.63) is 33.8 Å². The SMILES string of the molecule is Cc1onc2c1CN(C1CCC(NC(=O)CNC(C)(C)C)C1)C1=C2C(Cl)=CC(=O)C1. The Bertz CT molecular complexity index is 941. The molecule has 7 nitrogen and oxygen atoms in total. The fraction of sp³-hybridized carbons (Fsp3) is 0.591. The van der Waals surface area contributed by atoms with Crippen LogP contribution in [-0.2, 0) is 16.1 Å². The number of aryl methyl sites for hydroxylation is 1. The summed E-state index contributed by atoms with van der Waals surface area (Å²) in [5, 5.41) is 11.0. The summed E-state index contributed by atoms with van der Waals surface area (Å²) in [7, 11) is 0. The van der Waals surface area contributed by atoms with Crippen molar-refractivity contribution in [2.75, 3.05) is 6.54 Å². The molecule has 162 valence electrons. The summed E-state index contributed by atoms with van der Waals surface area (Å²) in [5.41, 5.74) is 3.43. The Morgan fingerprint density at radius 1 is 1.37 bits per heavy atom. The van der Waals surface area contributed by atoms with Crippen LogP contribution in [0.2, 0.25) is 0 Å². The molecule has 2 unspecified atom stereocenters. The average molecular weight is 433 g/mol. The molecule has 1 saturated carbocycles. The van der Waals surface area contributed by atoms with E-state index in [1.807, 2.05) is 27.7 Å². The smallest absolute Gasteiger partial charge is 0.234 e. The number of ketones is 1. The van der Waals surface area contributed by atoms with Gasteiger partial charge < -0.3 is 20.1 Å². The highest BCUT2D eigenvalue weighted by Gasteiger charge is 2.39. The van der Waals surface area contributed by atoms with Crippen molar-refractivity contribution in [2.24, 2.45) is 0 Å². The van der Waals surface area contributed by atoms with Gasteiger partial charge in [0.1, 0.15) is 11.5 Å². The average Bonchev–Trinajstić information content (AvgIpc) is 3.25. The minimum atomic E-state index is -0.0965. The Balaban J connectivity index is 1.50. The second kappa shape index (κ2) is 7.85. The molecule has 4 rings (SSSR count). The predicted molar refractivity (Wildman–Crippen MR) is 115 cm³/mol. The van der Waals surface area contributed by atoms with Crippen LogP contribution in [0.5, 0.6) is 0 Å². The zero-order valence-corrected chi connectivity index (χ0v) is 18.7. The molecule has 0 saturated heterocycles. The van der Waals surface area contributed by atoms with Gasteiger partial charge in [0.05, 0.1) is 18.0 Å². The number of halogens is 1. The molecule has 1 aromatic rings. The number of hydrogen-bond donors (Lipinski definition) is 2. The van der Waals surface area contributed by atoms with Crippen LogP contribution >= 0.6 is 11.6 Å². The third kappa shape index (κ3) is 4.18. The molecule has 2 atom stereocenters. The van der Waals surface area contributed by atoms with E-state index in [4.69, 9.17) is 16.1 Å². The summed E-state index contributed by atoms with van der Waals surface area (Å²) in [6.07, 6.45) is 4.51. The zero-order chi connectivity index (χ0) is 21.6. The number of fused-ring (bicyclic) bond motifs is 2. The lowest BCUT2D eigenvalue weighted by Gasteiger charge is -2.38. The van der Waals surface area contributed by atoms with Crippen LogP contribution < -0.4 is 10.6 Å². The van der Waals surface area contributed by atoms with Crippen molar-refractivity contribution < 1.29 is 14.1 Å². The highest BCUT2D eigenvalue weighted by molar-refractivity contribution is 6.39. The van der Waals surface area contributed by atoms with Crippen molar-refractivity contribution in [1.29, 1.82) is 0 Å². The molecule has 1 amide bonds. The number of allylic oxidation sites excluding steroid dienone is 4. The van der Waals surface area contributed by atoms with Crippen molar-refractivity contribution >= 4 is 28.9 Å². The zero-order valence-electron chi connectivity index (χ0n) is 18.0. The maximum absolute atomic E-state index is 12.3. The standard InChI is InChI=1S/C22H29ClN4O3/c1-12-16-11-27(18-9-15(28)8-17(23)20(18)21(16)26-30-12)14-6-5-13(7-14)25-19(29)10-24-22(2,3)4/h8,13-14,24H,5-7,9-11H2,1-4H3,(H,25,29). The fourth-order valence-corrected chi connectivity index (χ4v) is 4.86. The van der Waals surface area contributed by atoms with Crippen LogP contribution in [-0.4, -0.2) is 45.9 Å². The van der Waals surface area contributed by atoms with E-state index in [0.717, 1.165) is 47.6 Å². The van der Waals surface area contributed by atoms with Crippen molar-refractivity contribution in [3.8, 4) is 0 Å². The molecule has 1 aromatic heterocycles. The number of carbonyl (C=O) groups is 2. The molecule has 30 heavy (non-hydrogen) atoms. The molecule has 0 radical (unpaired) electrons. The van der Waals surface area contributed by atoms with Crippen molar-refractivity contribution in [1.82, 2.24) is 20.7 Å². The maximum Gasteiger partial charge on any atom is 0.234 e. The normalized spacial score (nSPS) is 24.0. The van der Waals surface area contributed by atoms with Gasteiger partial charge in [-0.15, -0.1) is 0 Å². The lowest BCUT2D eigenvalue weighted by Crippen LogP contribution is -2.46. The van der Waals surface area contributed by atoms with E-state index in [1.54, 1.807) is 0 Å². The lowest BCUT2D eigenvalue weighted by atomic mass is 9.90. The first kappa shape index (κ1) is 21.1. The van der Waals surface area contributed by atoms with Gasteiger partial charge in [0.2, 0.25) is 5.91 Å². The van der Waals surface area contributed by atoms with Gasteiger partial charge in [-0.25, -0.2) is 0 Å². The van der Waals surface area contributed by atoms with Crippen LogP contribution in [0.25, 0.3) is 5.57 Å². The molecule has 1 fully saturated rings. The highest BCUT2D eigenvalue weighted by atomic mass is 35.5. The monoisotopic (exact) mass is 432 g/mol. The van der Waals surface area contributed by atoms with Crippen LogP contribution in [0.3, 0.4) is 0 Å². The Morgan fingerprint density at radius 2 is 2.13 bits per heavy atom. The van der Waals surface area contributed by atoms with Gasteiger partial charge >= 0.3 is 0 Å². The number of hydrogen-bond acceptors (Lipinski definition) is 6. The molecule has 0 aromatic carbocycles. The molecule has 1 aliphatic heterocycles. The largest absolute Gasteiger partial charge is 0.366 e. The van der Waals surface area contributed by atoms with Crippen molar-refractivity contribution in [3.63, 3.8) is 0 Å². The summed E-state index contributed by atoms with van der Waals surface area (Å²) >= 11 is 6.47. The first-order chi connectivity index (χ1) is 14.1. The lowest BCUT2D eigenvalue weighted by molar-refractivity contribution is -0.121. The molecule has 8 heteroatoms. The molecule has 2 N–H and O–H groups in total. The van der Waals surface area contributed by atoms with E-state index in [0.29, 0.717) is 24.5 Å². The Kier molecular flexibility index (Phi) is 5.53. The second-order valence-electron chi connectivity index (χ2n) is 9.49. The van der Waals surface area contributed by atoms with E-state index in [1.165, 1.54) is 6.08 Å². The minimum absolute atomic E-state index is 0.00326. The molecular formula is C22H29ClN4O3. The molecule has 2 aliphatic carbocycles. The molecule has 0 spiro atoms. The first-order valence-electron chi connectivity index (χ1n) is 10.5. The van der Waals surface area contributed by atoms with Crippen LogP contribution in [0.15, 0.2) is 21.3 Å². The third-order valence-corrected chi connectivity index (χ3v) is 6.34. The van der Waals surface area contributed by atoms with E-state index in [9.17, 15) is 9.59 Å². The van der Waals surface area contributed by atoms with Crippen LogP contribution in [0, 0.1) is 6.92 Å². The van der Waals surface area contributed by atoms with Crippen molar-refractivity contribution in [2.45, 2.75) is 77.5 Å². The Labute approximate surface area is 181 Å². The quantitative estimate of drug-likeness (QED) is 0.760. The maximum atomic E-state index is 12.3. The van der Waals surface area contributed by atoms with Crippen LogP contribution in [0.1, 0.15) is 63.5 Å². The summed E-state index contributed by atoms with van der Waals surface area (Å²) in [6.45, 7) is 8.99. The minimum Gasteiger partial charge on any atom is -0.366 e. The van der Waals surface area contributed by atoms with E-state index in [-0.39, 0.29) is 29.3 Å². The molecule has 0 bridgehead atoms. The predicted octanol–water partition coefficient (Wildman–Crippen LogP) is 3.03. The van der Waals surface area contributed by atoms with Gasteiger partial charge in [-0.1, -0.05) is 16.8 Å². The number of nitrogens with zero attached hydrogens (tertiary/aromatic N) is 2. The number of nitrogens with one attached hydrogen (secondary N) is 2. The summed E-state index contributed by atoms with van der Waals surface area (Å²) < 4.78 is 5.44. The van der Waals surface area contributed by atoms with E-state index >= 15 is 0 Å². The third-order valence-electron chi connectivity index (χ3n) is 6.04. The number of rotatable bonds is 4. The topological polar surface area (TPSA) is 87.5 Å². The summed E-state index contributed by atoms with van der Waals surface area (Å²) in [5.74, 6) is 0.799. The molecule has 3 aliphatic rings. The van der Waals surface area contributed by atoms with Gasteiger partial charge in [-0.2, -0.15) is 0 Å². The Morgan fingerprint density at radius 3 is 2.87 bits per heavy atom. The number of carbonyl (C=O) groups excluding carboxylic acids is 2. The van der Waals surface area contributed by atoms with Gasteiger partial charge in [0, 0.05) is 47.1 Å². The Hall–Kier alpha value is -2.12. The van der Waals surface area contributed by atoms with Gasteiger partial charge in [-0.05, 0) is 47.0 Å². The van der Waals surface area contributed by atoms with Gasteiger partial charge in [0.15, 0.2) is 5.78 Å². The van der Waals surface area contributed by atoms with Gasteiger partial charge in [0.25, 0.3) is 0 Å².